The van der Waals surface area contributed by atoms with Crippen molar-refractivity contribution < 1.29 is 14.3 Å². The first kappa shape index (κ1) is 17.1. The SMILES string of the molecule is CCc1ccc(C(=O)Nc2ccc(N3CCC(O)CC3)c(C#N)c2)o1. The molecule has 0 aliphatic carbocycles. The van der Waals surface area contributed by atoms with E-state index >= 15 is 0 Å². The summed E-state index contributed by atoms with van der Waals surface area (Å²) in [6.45, 7) is 3.39. The number of aliphatic hydroxyl groups is 1. The van der Waals surface area contributed by atoms with Gasteiger partial charge in [-0.2, -0.15) is 5.26 Å². The Labute approximate surface area is 146 Å². The van der Waals surface area contributed by atoms with Gasteiger partial charge in [-0.25, -0.2) is 0 Å². The number of benzene rings is 1. The van der Waals surface area contributed by atoms with Crippen LogP contribution in [0.3, 0.4) is 0 Å². The van der Waals surface area contributed by atoms with Crippen molar-refractivity contribution in [2.75, 3.05) is 23.3 Å². The molecule has 1 saturated heterocycles. The van der Waals surface area contributed by atoms with Gasteiger partial charge < -0.3 is 19.7 Å². The van der Waals surface area contributed by atoms with Gasteiger partial charge in [0.15, 0.2) is 5.76 Å². The first-order chi connectivity index (χ1) is 12.1. The number of carbonyl (C=O) groups excluding carboxylic acids is 1. The lowest BCUT2D eigenvalue weighted by atomic mass is 10.0. The summed E-state index contributed by atoms with van der Waals surface area (Å²) in [6.07, 6.45) is 1.86. The van der Waals surface area contributed by atoms with E-state index in [2.05, 4.69) is 16.3 Å². The summed E-state index contributed by atoms with van der Waals surface area (Å²) in [4.78, 5) is 14.3. The second kappa shape index (κ2) is 7.41. The predicted octanol–water partition coefficient (Wildman–Crippen LogP) is 2.93. The van der Waals surface area contributed by atoms with E-state index in [4.69, 9.17) is 4.42 Å². The number of aliphatic hydroxyl groups excluding tert-OH is 1. The number of amides is 1. The van der Waals surface area contributed by atoms with Gasteiger partial charge in [0.05, 0.1) is 17.4 Å². The van der Waals surface area contributed by atoms with Crippen molar-refractivity contribution in [2.24, 2.45) is 0 Å². The van der Waals surface area contributed by atoms with Crippen LogP contribution in [0.1, 0.15) is 41.6 Å². The maximum atomic E-state index is 12.2. The molecule has 25 heavy (non-hydrogen) atoms. The van der Waals surface area contributed by atoms with Crippen LogP contribution >= 0.6 is 0 Å². The summed E-state index contributed by atoms with van der Waals surface area (Å²) < 4.78 is 5.44. The van der Waals surface area contributed by atoms with E-state index in [0.29, 0.717) is 37.2 Å². The highest BCUT2D eigenvalue weighted by Crippen LogP contribution is 2.27. The Kier molecular flexibility index (Phi) is 5.05. The van der Waals surface area contributed by atoms with Crippen molar-refractivity contribution in [3.05, 3.63) is 47.4 Å². The Morgan fingerprint density at radius 3 is 2.76 bits per heavy atom. The molecule has 0 saturated carbocycles. The molecule has 0 atom stereocenters. The zero-order valence-electron chi connectivity index (χ0n) is 14.2. The molecular weight excluding hydrogens is 318 g/mol. The molecule has 2 aromatic rings. The number of carbonyl (C=O) groups is 1. The minimum atomic E-state index is -0.336. The third kappa shape index (κ3) is 3.83. The molecule has 1 aromatic carbocycles. The molecule has 2 heterocycles. The fourth-order valence-electron chi connectivity index (χ4n) is 2.97. The van der Waals surface area contributed by atoms with E-state index < -0.39 is 0 Å². The normalized spacial score (nSPS) is 15.0. The molecular formula is C19H21N3O3. The maximum Gasteiger partial charge on any atom is 0.291 e. The van der Waals surface area contributed by atoms with E-state index in [1.165, 1.54) is 0 Å². The molecule has 0 bridgehead atoms. The third-order valence-electron chi connectivity index (χ3n) is 4.41. The highest BCUT2D eigenvalue weighted by Gasteiger charge is 2.20. The quantitative estimate of drug-likeness (QED) is 0.894. The van der Waals surface area contributed by atoms with E-state index in [0.717, 1.165) is 17.9 Å². The average Bonchev–Trinajstić information content (AvgIpc) is 3.12. The number of hydrogen-bond acceptors (Lipinski definition) is 5. The molecule has 3 rings (SSSR count). The number of nitrogens with one attached hydrogen (secondary N) is 1. The summed E-state index contributed by atoms with van der Waals surface area (Å²) in [7, 11) is 0. The van der Waals surface area contributed by atoms with E-state index in [9.17, 15) is 15.2 Å². The van der Waals surface area contributed by atoms with Gasteiger partial charge in [0.2, 0.25) is 0 Å². The number of rotatable bonds is 4. The number of furan rings is 1. The lowest BCUT2D eigenvalue weighted by Crippen LogP contribution is -2.36. The van der Waals surface area contributed by atoms with E-state index in [1.807, 2.05) is 13.0 Å². The highest BCUT2D eigenvalue weighted by atomic mass is 16.3. The largest absolute Gasteiger partial charge is 0.456 e. The molecule has 2 N–H and O–H groups in total. The monoisotopic (exact) mass is 339 g/mol. The van der Waals surface area contributed by atoms with Gasteiger partial charge in [0.1, 0.15) is 11.8 Å². The van der Waals surface area contributed by atoms with E-state index in [-0.39, 0.29) is 17.8 Å². The van der Waals surface area contributed by atoms with Gasteiger partial charge in [-0.3, -0.25) is 4.79 Å². The van der Waals surface area contributed by atoms with Crippen LogP contribution in [0.15, 0.2) is 34.7 Å². The molecule has 6 heteroatoms. The van der Waals surface area contributed by atoms with Crippen molar-refractivity contribution in [3.8, 4) is 6.07 Å². The molecule has 0 radical (unpaired) electrons. The number of nitriles is 1. The molecule has 1 fully saturated rings. The second-order valence-electron chi connectivity index (χ2n) is 6.14. The third-order valence-corrected chi connectivity index (χ3v) is 4.41. The van der Waals surface area contributed by atoms with Crippen LogP contribution in [0.4, 0.5) is 11.4 Å². The van der Waals surface area contributed by atoms with Crippen molar-refractivity contribution in [1.82, 2.24) is 0 Å². The van der Waals surface area contributed by atoms with Gasteiger partial charge in [-0.05, 0) is 43.2 Å². The molecule has 1 aromatic heterocycles. The van der Waals surface area contributed by atoms with Gasteiger partial charge in [0, 0.05) is 25.2 Å². The highest BCUT2D eigenvalue weighted by molar-refractivity contribution is 6.02. The average molecular weight is 339 g/mol. The topological polar surface area (TPSA) is 89.5 Å². The first-order valence-electron chi connectivity index (χ1n) is 8.48. The van der Waals surface area contributed by atoms with Crippen LogP contribution in [-0.4, -0.2) is 30.2 Å². The Morgan fingerprint density at radius 2 is 2.12 bits per heavy atom. The summed E-state index contributed by atoms with van der Waals surface area (Å²) >= 11 is 0. The number of hydrogen-bond donors (Lipinski definition) is 2. The van der Waals surface area contributed by atoms with E-state index in [1.54, 1.807) is 24.3 Å². The zero-order valence-corrected chi connectivity index (χ0v) is 14.2. The second-order valence-corrected chi connectivity index (χ2v) is 6.14. The lowest BCUT2D eigenvalue weighted by Gasteiger charge is -2.32. The number of aryl methyl sites for hydroxylation is 1. The van der Waals surface area contributed by atoms with Crippen molar-refractivity contribution in [3.63, 3.8) is 0 Å². The zero-order chi connectivity index (χ0) is 17.8. The molecule has 6 nitrogen and oxygen atoms in total. The Balaban J connectivity index is 1.75. The molecule has 1 amide bonds. The van der Waals surface area contributed by atoms with Crippen molar-refractivity contribution in [2.45, 2.75) is 32.3 Å². The van der Waals surface area contributed by atoms with Crippen LogP contribution in [0.25, 0.3) is 0 Å². The van der Waals surface area contributed by atoms with Crippen LogP contribution in [0.5, 0.6) is 0 Å². The first-order valence-corrected chi connectivity index (χ1v) is 8.48. The van der Waals surface area contributed by atoms with Crippen molar-refractivity contribution >= 4 is 17.3 Å². The lowest BCUT2D eigenvalue weighted by molar-refractivity contribution is 0.0995. The maximum absolute atomic E-state index is 12.2. The summed E-state index contributed by atoms with van der Waals surface area (Å²) in [6, 6.07) is 10.9. The number of anilines is 2. The Hall–Kier alpha value is -2.78. The fraction of sp³-hybridized carbons (Fsp3) is 0.368. The smallest absolute Gasteiger partial charge is 0.291 e. The van der Waals surface area contributed by atoms with Gasteiger partial charge in [-0.1, -0.05) is 6.92 Å². The predicted molar refractivity (Wildman–Crippen MR) is 94.7 cm³/mol. The van der Waals surface area contributed by atoms with Gasteiger partial charge in [-0.15, -0.1) is 0 Å². The number of nitrogens with zero attached hydrogens (tertiary/aromatic N) is 2. The fourth-order valence-corrected chi connectivity index (χ4v) is 2.97. The Bertz CT molecular complexity index is 798. The van der Waals surface area contributed by atoms with Crippen LogP contribution in [-0.2, 0) is 6.42 Å². The number of piperidine rings is 1. The van der Waals surface area contributed by atoms with Crippen LogP contribution in [0, 0.1) is 11.3 Å². The minimum Gasteiger partial charge on any atom is -0.456 e. The molecule has 1 aliphatic heterocycles. The van der Waals surface area contributed by atoms with Gasteiger partial charge in [0.25, 0.3) is 5.91 Å². The molecule has 130 valence electrons. The molecule has 0 unspecified atom stereocenters. The van der Waals surface area contributed by atoms with Crippen LogP contribution < -0.4 is 10.2 Å². The van der Waals surface area contributed by atoms with Gasteiger partial charge >= 0.3 is 0 Å². The van der Waals surface area contributed by atoms with Crippen molar-refractivity contribution in [1.29, 1.82) is 5.26 Å². The molecule has 0 spiro atoms. The minimum absolute atomic E-state index is 0.254. The van der Waals surface area contributed by atoms with Crippen LogP contribution in [0.2, 0.25) is 0 Å². The summed E-state index contributed by atoms with van der Waals surface area (Å²) in [5.41, 5.74) is 1.89. The Morgan fingerprint density at radius 1 is 1.36 bits per heavy atom. The summed E-state index contributed by atoms with van der Waals surface area (Å²) in [5.74, 6) is 0.674. The standard InChI is InChI=1S/C19H21N3O3/c1-2-16-4-6-18(25-16)19(24)21-14-3-5-17(13(11-14)12-20)22-9-7-15(23)8-10-22/h3-6,11,15,23H,2,7-10H2,1H3,(H,21,24). The summed E-state index contributed by atoms with van der Waals surface area (Å²) in [5, 5.41) is 21.8. The molecule has 1 aliphatic rings.